The second-order valence-electron chi connectivity index (χ2n) is 7.85. The molecule has 9 nitrogen and oxygen atoms in total. The number of aliphatic hydroxyl groups excluding tert-OH is 2. The SMILES string of the molecule is O=c1c2ncn(CCC(CO)CO)c2nc2[nH]c(-c3ccc(Oc4ccccc4)cc3)cn12. The Labute approximate surface area is 188 Å². The molecule has 0 spiro atoms. The number of rotatable bonds is 8. The third-order valence-electron chi connectivity index (χ3n) is 5.61. The van der Waals surface area contributed by atoms with Crippen molar-refractivity contribution in [3.63, 3.8) is 0 Å². The van der Waals surface area contributed by atoms with E-state index in [2.05, 4.69) is 15.0 Å². The summed E-state index contributed by atoms with van der Waals surface area (Å²) < 4.78 is 9.06. The second kappa shape index (κ2) is 8.89. The summed E-state index contributed by atoms with van der Waals surface area (Å²) in [5.74, 6) is 1.66. The van der Waals surface area contributed by atoms with Crippen molar-refractivity contribution in [1.29, 1.82) is 0 Å². The number of hydrogen-bond donors (Lipinski definition) is 3. The predicted molar refractivity (Wildman–Crippen MR) is 123 cm³/mol. The number of fused-ring (bicyclic) bond motifs is 2. The number of benzene rings is 2. The Morgan fingerprint density at radius 1 is 1.00 bits per heavy atom. The van der Waals surface area contributed by atoms with Crippen molar-refractivity contribution in [2.24, 2.45) is 5.92 Å². The van der Waals surface area contributed by atoms with Crippen LogP contribution in [0.5, 0.6) is 11.5 Å². The van der Waals surface area contributed by atoms with E-state index < -0.39 is 0 Å². The lowest BCUT2D eigenvalue weighted by Gasteiger charge is -2.10. The van der Waals surface area contributed by atoms with Gasteiger partial charge in [0.05, 0.1) is 12.0 Å². The Bertz CT molecular complexity index is 1430. The lowest BCUT2D eigenvalue weighted by molar-refractivity contribution is 0.140. The number of imidazole rings is 2. The average Bonchev–Trinajstić information content (AvgIpc) is 3.46. The maximum absolute atomic E-state index is 13.0. The van der Waals surface area contributed by atoms with Gasteiger partial charge in [-0.3, -0.25) is 4.79 Å². The zero-order valence-corrected chi connectivity index (χ0v) is 17.8. The van der Waals surface area contributed by atoms with Crippen LogP contribution in [0.3, 0.4) is 0 Å². The largest absolute Gasteiger partial charge is 0.457 e. The van der Waals surface area contributed by atoms with E-state index in [1.165, 1.54) is 4.40 Å². The summed E-state index contributed by atoms with van der Waals surface area (Å²) in [4.78, 5) is 25.0. The molecule has 0 aliphatic rings. The van der Waals surface area contributed by atoms with Crippen molar-refractivity contribution in [2.45, 2.75) is 13.0 Å². The molecule has 5 rings (SSSR count). The molecule has 0 bridgehead atoms. The van der Waals surface area contributed by atoms with Gasteiger partial charge in [-0.1, -0.05) is 18.2 Å². The minimum absolute atomic E-state index is 0.0986. The maximum Gasteiger partial charge on any atom is 0.287 e. The molecule has 33 heavy (non-hydrogen) atoms. The molecule has 3 N–H and O–H groups in total. The number of para-hydroxylation sites is 1. The van der Waals surface area contributed by atoms with Gasteiger partial charge in [0.25, 0.3) is 5.56 Å². The maximum atomic E-state index is 13.0. The van der Waals surface area contributed by atoms with Crippen molar-refractivity contribution in [3.05, 3.63) is 77.5 Å². The summed E-state index contributed by atoms with van der Waals surface area (Å²) >= 11 is 0. The van der Waals surface area contributed by atoms with Gasteiger partial charge in [0.2, 0.25) is 5.78 Å². The molecule has 0 amide bonds. The number of hydrogen-bond acceptors (Lipinski definition) is 6. The summed E-state index contributed by atoms with van der Waals surface area (Å²) in [5, 5.41) is 18.6. The van der Waals surface area contributed by atoms with Crippen molar-refractivity contribution < 1.29 is 14.9 Å². The van der Waals surface area contributed by atoms with Gasteiger partial charge in [-0.05, 0) is 48.4 Å². The minimum atomic E-state index is -0.263. The van der Waals surface area contributed by atoms with E-state index in [0.29, 0.717) is 30.1 Å². The molecule has 0 radical (unpaired) electrons. The quantitative estimate of drug-likeness (QED) is 0.338. The second-order valence-corrected chi connectivity index (χ2v) is 7.85. The number of aromatic nitrogens is 5. The predicted octanol–water partition coefficient (Wildman–Crippen LogP) is 2.82. The number of ether oxygens (including phenoxy) is 1. The molecule has 5 aromatic rings. The fraction of sp³-hybridized carbons (Fsp3) is 0.208. The molecular formula is C24H23N5O4. The fourth-order valence-electron chi connectivity index (χ4n) is 3.70. The zero-order chi connectivity index (χ0) is 22.8. The zero-order valence-electron chi connectivity index (χ0n) is 17.8. The summed E-state index contributed by atoms with van der Waals surface area (Å²) in [6, 6.07) is 17.1. The number of nitrogens with one attached hydrogen (secondary N) is 1. The smallest absolute Gasteiger partial charge is 0.287 e. The van der Waals surface area contributed by atoms with Gasteiger partial charge in [0.15, 0.2) is 11.2 Å². The van der Waals surface area contributed by atoms with Crippen LogP contribution in [-0.4, -0.2) is 47.3 Å². The highest BCUT2D eigenvalue weighted by molar-refractivity contribution is 5.73. The molecule has 0 saturated heterocycles. The molecular weight excluding hydrogens is 422 g/mol. The molecule has 2 aromatic carbocycles. The lowest BCUT2D eigenvalue weighted by Crippen LogP contribution is -2.16. The van der Waals surface area contributed by atoms with Crippen LogP contribution in [-0.2, 0) is 6.54 Å². The lowest BCUT2D eigenvalue weighted by atomic mass is 10.1. The summed E-state index contributed by atoms with van der Waals surface area (Å²) in [7, 11) is 0. The average molecular weight is 445 g/mol. The van der Waals surface area contributed by atoms with Gasteiger partial charge < -0.3 is 24.5 Å². The van der Waals surface area contributed by atoms with Crippen molar-refractivity contribution in [1.82, 2.24) is 23.9 Å². The molecule has 168 valence electrons. The summed E-state index contributed by atoms with van der Waals surface area (Å²) in [5.41, 5.74) is 2.10. The third-order valence-corrected chi connectivity index (χ3v) is 5.61. The Balaban J connectivity index is 1.43. The van der Waals surface area contributed by atoms with Gasteiger partial charge in [-0.2, -0.15) is 4.98 Å². The van der Waals surface area contributed by atoms with Gasteiger partial charge in [-0.25, -0.2) is 9.38 Å². The van der Waals surface area contributed by atoms with Crippen molar-refractivity contribution in [3.8, 4) is 22.8 Å². The first kappa shape index (κ1) is 20.9. The minimum Gasteiger partial charge on any atom is -0.457 e. The third kappa shape index (κ3) is 4.11. The van der Waals surface area contributed by atoms with E-state index in [-0.39, 0.29) is 30.2 Å². The molecule has 0 saturated carbocycles. The molecule has 9 heteroatoms. The Morgan fingerprint density at radius 3 is 2.45 bits per heavy atom. The van der Waals surface area contributed by atoms with E-state index in [9.17, 15) is 15.0 Å². The van der Waals surface area contributed by atoms with Crippen LogP contribution < -0.4 is 10.3 Å². The number of aromatic amines is 1. The molecule has 0 atom stereocenters. The highest BCUT2D eigenvalue weighted by Gasteiger charge is 2.15. The van der Waals surface area contributed by atoms with Crippen LogP contribution in [0.25, 0.3) is 28.2 Å². The topological polar surface area (TPSA) is 118 Å². The normalized spacial score (nSPS) is 11.6. The molecule has 0 aliphatic heterocycles. The van der Waals surface area contributed by atoms with Crippen LogP contribution >= 0.6 is 0 Å². The number of aryl methyl sites for hydroxylation is 1. The first-order valence-corrected chi connectivity index (χ1v) is 10.7. The van der Waals surface area contributed by atoms with Crippen LogP contribution in [0.2, 0.25) is 0 Å². The summed E-state index contributed by atoms with van der Waals surface area (Å²) in [6.45, 7) is 0.290. The Hall–Kier alpha value is -3.95. The number of H-pyrrole nitrogens is 1. The van der Waals surface area contributed by atoms with Crippen molar-refractivity contribution in [2.75, 3.05) is 13.2 Å². The standard InChI is InChI=1S/C24H23N5O4/c30-13-16(14-31)10-11-28-15-25-21-22(28)27-24-26-20(12-29(24)23(21)32)17-6-8-19(9-7-17)33-18-4-2-1-3-5-18/h1-9,12,15-16,30-31H,10-11,13-14H2,(H,26,27). The Kier molecular flexibility index (Phi) is 5.64. The molecule has 0 unspecified atom stereocenters. The molecule has 3 aromatic heterocycles. The van der Waals surface area contributed by atoms with E-state index >= 15 is 0 Å². The van der Waals surface area contributed by atoms with Crippen molar-refractivity contribution >= 4 is 16.9 Å². The summed E-state index contributed by atoms with van der Waals surface area (Å²) in [6.07, 6.45) is 3.83. The van der Waals surface area contributed by atoms with Gasteiger partial charge in [-0.15, -0.1) is 0 Å². The van der Waals surface area contributed by atoms with E-state index in [1.807, 2.05) is 54.6 Å². The number of aliphatic hydroxyl groups is 2. The van der Waals surface area contributed by atoms with Gasteiger partial charge in [0, 0.05) is 31.9 Å². The first-order valence-electron chi connectivity index (χ1n) is 10.7. The van der Waals surface area contributed by atoms with E-state index in [4.69, 9.17) is 4.74 Å². The number of nitrogens with zero attached hydrogens (tertiary/aromatic N) is 4. The molecule has 0 fully saturated rings. The Morgan fingerprint density at radius 2 is 1.73 bits per heavy atom. The van der Waals surface area contributed by atoms with E-state index in [0.717, 1.165) is 17.0 Å². The first-order chi connectivity index (χ1) is 16.2. The van der Waals surface area contributed by atoms with Crippen LogP contribution in [0.4, 0.5) is 0 Å². The fourth-order valence-corrected chi connectivity index (χ4v) is 3.70. The highest BCUT2D eigenvalue weighted by Crippen LogP contribution is 2.25. The molecule has 0 aliphatic carbocycles. The van der Waals surface area contributed by atoms with E-state index in [1.54, 1.807) is 17.1 Å². The monoisotopic (exact) mass is 445 g/mol. The highest BCUT2D eigenvalue weighted by atomic mass is 16.5. The van der Waals surface area contributed by atoms with Crippen LogP contribution in [0, 0.1) is 5.92 Å². The van der Waals surface area contributed by atoms with Gasteiger partial charge in [0.1, 0.15) is 11.5 Å². The van der Waals surface area contributed by atoms with Gasteiger partial charge >= 0.3 is 0 Å². The molecule has 3 heterocycles. The van der Waals surface area contributed by atoms with Crippen LogP contribution in [0.15, 0.2) is 71.9 Å². The van der Waals surface area contributed by atoms with Crippen LogP contribution in [0.1, 0.15) is 6.42 Å².